The van der Waals surface area contributed by atoms with Crippen molar-refractivity contribution in [2.24, 2.45) is 9.98 Å². The average molecular weight is 478 g/mol. The molecule has 2 aliphatic rings. The maximum atomic E-state index is 12.8. The van der Waals surface area contributed by atoms with Crippen molar-refractivity contribution in [3.8, 4) is 0 Å². The molecule has 0 aliphatic carbocycles. The molecule has 0 unspecified atom stereocenters. The Hall–Kier alpha value is -3.01. The highest BCUT2D eigenvalue weighted by Gasteiger charge is 2.40. The van der Waals surface area contributed by atoms with Crippen LogP contribution in [0.4, 0.5) is 13.2 Å². The molecule has 1 amide bonds. The molecular formula is C23H22F3N3O3S. The minimum Gasteiger partial charge on any atom is -0.338 e. The van der Waals surface area contributed by atoms with Crippen LogP contribution in [0.5, 0.6) is 0 Å². The van der Waals surface area contributed by atoms with Crippen LogP contribution in [-0.4, -0.2) is 55.7 Å². The number of hydrogen-bond donors (Lipinski definition) is 0. The molecule has 4 rings (SSSR count). The number of alkyl halides is 3. The molecule has 2 aromatic carbocycles. The van der Waals surface area contributed by atoms with Crippen molar-refractivity contribution in [2.45, 2.75) is 36.5 Å². The van der Waals surface area contributed by atoms with Gasteiger partial charge in [0.2, 0.25) is 0 Å². The van der Waals surface area contributed by atoms with Gasteiger partial charge < -0.3 is 4.90 Å². The minimum absolute atomic E-state index is 0.151. The van der Waals surface area contributed by atoms with E-state index in [-0.39, 0.29) is 10.8 Å². The van der Waals surface area contributed by atoms with Crippen molar-refractivity contribution in [1.82, 2.24) is 4.90 Å². The SMILES string of the molecule is CC1=NC2(CCN(C(=O)c3ccc(S(C)(=O)=O)cc3)CC2)N=C1c1ccc(C(F)(F)F)cc1. The molecule has 0 aromatic heterocycles. The normalized spacial score (nSPS) is 18.3. The molecule has 174 valence electrons. The second-order valence-corrected chi connectivity index (χ2v) is 10.3. The van der Waals surface area contributed by atoms with Crippen LogP contribution < -0.4 is 0 Å². The van der Waals surface area contributed by atoms with Gasteiger partial charge in [0.05, 0.1) is 21.9 Å². The van der Waals surface area contributed by atoms with Gasteiger partial charge in [-0.25, -0.2) is 8.42 Å². The number of carbonyl (C=O) groups is 1. The molecule has 2 aliphatic heterocycles. The number of halogens is 3. The van der Waals surface area contributed by atoms with Crippen LogP contribution in [0.3, 0.4) is 0 Å². The number of piperidine rings is 1. The van der Waals surface area contributed by atoms with E-state index in [9.17, 15) is 26.4 Å². The zero-order valence-corrected chi connectivity index (χ0v) is 18.9. The molecule has 0 bridgehead atoms. The maximum Gasteiger partial charge on any atom is 0.416 e. The number of sulfone groups is 1. The number of amides is 1. The molecule has 2 aromatic rings. The number of rotatable bonds is 3. The largest absolute Gasteiger partial charge is 0.416 e. The number of carbonyl (C=O) groups excluding carboxylic acids is 1. The third-order valence-electron chi connectivity index (χ3n) is 5.90. The molecule has 1 fully saturated rings. The van der Waals surface area contributed by atoms with Crippen LogP contribution in [0.25, 0.3) is 0 Å². The first kappa shape index (κ1) is 23.2. The maximum absolute atomic E-state index is 12.8. The topological polar surface area (TPSA) is 79.2 Å². The van der Waals surface area contributed by atoms with Crippen molar-refractivity contribution in [3.05, 3.63) is 65.2 Å². The van der Waals surface area contributed by atoms with E-state index in [1.807, 2.05) is 0 Å². The minimum atomic E-state index is -4.40. The van der Waals surface area contributed by atoms with Gasteiger partial charge >= 0.3 is 6.18 Å². The molecular weight excluding hydrogens is 455 g/mol. The summed E-state index contributed by atoms with van der Waals surface area (Å²) in [6, 6.07) is 10.7. The van der Waals surface area contributed by atoms with Gasteiger partial charge in [-0.15, -0.1) is 0 Å². The highest BCUT2D eigenvalue weighted by Crippen LogP contribution is 2.35. The Morgan fingerprint density at radius 2 is 1.55 bits per heavy atom. The predicted molar refractivity (Wildman–Crippen MR) is 119 cm³/mol. The summed E-state index contributed by atoms with van der Waals surface area (Å²) < 4.78 is 61.7. The van der Waals surface area contributed by atoms with Gasteiger partial charge in [-0.2, -0.15) is 13.2 Å². The first-order valence-electron chi connectivity index (χ1n) is 10.3. The molecule has 0 N–H and O–H groups in total. The number of likely N-dealkylation sites (tertiary alicyclic amines) is 1. The first-order valence-corrected chi connectivity index (χ1v) is 12.2. The van der Waals surface area contributed by atoms with Gasteiger partial charge in [0, 0.05) is 43.3 Å². The zero-order chi connectivity index (χ0) is 24.0. The Balaban J connectivity index is 1.46. The van der Waals surface area contributed by atoms with Gasteiger partial charge in [0.1, 0.15) is 0 Å². The summed E-state index contributed by atoms with van der Waals surface area (Å²) in [5.74, 6) is -0.199. The Morgan fingerprint density at radius 1 is 0.970 bits per heavy atom. The molecule has 1 saturated heterocycles. The van der Waals surface area contributed by atoms with Crippen molar-refractivity contribution in [3.63, 3.8) is 0 Å². The highest BCUT2D eigenvalue weighted by atomic mass is 32.2. The van der Waals surface area contributed by atoms with Gasteiger partial charge in [-0.1, -0.05) is 12.1 Å². The molecule has 1 spiro atoms. The molecule has 0 radical (unpaired) electrons. The van der Waals surface area contributed by atoms with E-state index in [0.717, 1.165) is 18.4 Å². The van der Waals surface area contributed by atoms with Crippen LogP contribution in [-0.2, 0) is 16.0 Å². The molecule has 2 heterocycles. The van der Waals surface area contributed by atoms with Crippen LogP contribution in [0.15, 0.2) is 63.4 Å². The van der Waals surface area contributed by atoms with Crippen molar-refractivity contribution in [2.75, 3.05) is 19.3 Å². The summed E-state index contributed by atoms with van der Waals surface area (Å²) in [4.78, 5) is 24.1. The summed E-state index contributed by atoms with van der Waals surface area (Å²) in [5, 5.41) is 0. The lowest BCUT2D eigenvalue weighted by atomic mass is 9.97. The lowest BCUT2D eigenvalue weighted by molar-refractivity contribution is -0.137. The van der Waals surface area contributed by atoms with Crippen molar-refractivity contribution in [1.29, 1.82) is 0 Å². The monoisotopic (exact) mass is 477 g/mol. The second-order valence-electron chi connectivity index (χ2n) is 8.30. The van der Waals surface area contributed by atoms with E-state index in [2.05, 4.69) is 0 Å². The Bertz CT molecular complexity index is 1240. The van der Waals surface area contributed by atoms with E-state index in [4.69, 9.17) is 9.98 Å². The summed E-state index contributed by atoms with van der Waals surface area (Å²) in [6.45, 7) is 2.60. The van der Waals surface area contributed by atoms with E-state index >= 15 is 0 Å². The van der Waals surface area contributed by atoms with Gasteiger partial charge in [0.15, 0.2) is 15.5 Å². The summed E-state index contributed by atoms with van der Waals surface area (Å²) in [6.07, 6.45) is -2.31. The summed E-state index contributed by atoms with van der Waals surface area (Å²) >= 11 is 0. The van der Waals surface area contributed by atoms with Crippen molar-refractivity contribution < 1.29 is 26.4 Å². The molecule has 10 heteroatoms. The van der Waals surface area contributed by atoms with E-state index in [1.165, 1.54) is 36.4 Å². The lowest BCUT2D eigenvalue weighted by Crippen LogP contribution is -2.44. The van der Waals surface area contributed by atoms with Gasteiger partial charge in [-0.3, -0.25) is 14.8 Å². The fraction of sp³-hybridized carbons (Fsp3) is 0.348. The Labute approximate surface area is 189 Å². The van der Waals surface area contributed by atoms with Gasteiger partial charge in [-0.05, 0) is 43.3 Å². The fourth-order valence-corrected chi connectivity index (χ4v) is 4.72. The van der Waals surface area contributed by atoms with Gasteiger partial charge in [0.25, 0.3) is 5.91 Å². The average Bonchev–Trinajstić information content (AvgIpc) is 3.08. The Kier molecular flexibility index (Phi) is 5.68. The smallest absolute Gasteiger partial charge is 0.338 e. The third kappa shape index (κ3) is 4.71. The third-order valence-corrected chi connectivity index (χ3v) is 7.03. The number of aliphatic imine (C=N–C) groups is 2. The summed E-state index contributed by atoms with van der Waals surface area (Å²) in [5.41, 5.74) is 0.763. The Morgan fingerprint density at radius 3 is 2.06 bits per heavy atom. The quantitative estimate of drug-likeness (QED) is 0.670. The zero-order valence-electron chi connectivity index (χ0n) is 18.1. The molecule has 0 atom stereocenters. The van der Waals surface area contributed by atoms with Crippen LogP contribution in [0.2, 0.25) is 0 Å². The van der Waals surface area contributed by atoms with Crippen LogP contribution in [0.1, 0.15) is 41.3 Å². The summed E-state index contributed by atoms with van der Waals surface area (Å²) in [7, 11) is -3.34. The van der Waals surface area contributed by atoms with E-state index < -0.39 is 27.2 Å². The van der Waals surface area contributed by atoms with Crippen LogP contribution >= 0.6 is 0 Å². The molecule has 6 nitrogen and oxygen atoms in total. The number of nitrogens with zero attached hydrogens (tertiary/aromatic N) is 3. The lowest BCUT2D eigenvalue weighted by Gasteiger charge is -2.35. The first-order chi connectivity index (χ1) is 15.4. The predicted octanol–water partition coefficient (Wildman–Crippen LogP) is 4.01. The van der Waals surface area contributed by atoms with E-state index in [0.29, 0.717) is 48.5 Å². The number of hydrogen-bond acceptors (Lipinski definition) is 5. The fourth-order valence-electron chi connectivity index (χ4n) is 4.09. The standard InChI is InChI=1S/C23H22F3N3O3S/c1-15-20(16-3-7-18(8-4-16)23(24,25)26)28-22(27-15)11-13-29(14-12-22)21(30)17-5-9-19(10-6-17)33(2,31)32/h3-10H,11-14H2,1-2H3. The molecule has 0 saturated carbocycles. The highest BCUT2D eigenvalue weighted by molar-refractivity contribution is 7.90. The van der Waals surface area contributed by atoms with E-state index in [1.54, 1.807) is 11.8 Å². The second kappa shape index (κ2) is 8.09. The number of benzene rings is 2. The van der Waals surface area contributed by atoms with Crippen molar-refractivity contribution >= 4 is 27.2 Å². The molecule has 33 heavy (non-hydrogen) atoms. The van der Waals surface area contributed by atoms with Crippen LogP contribution in [0, 0.1) is 0 Å².